The molecule has 0 aromatic carbocycles. The number of ether oxygens (including phenoxy) is 1. The number of carbonyl (C=O) groups is 1. The maximum absolute atomic E-state index is 12.6. The lowest BCUT2D eigenvalue weighted by molar-refractivity contribution is 0.181. The highest BCUT2D eigenvalue weighted by molar-refractivity contribution is 5.75. The molecule has 1 aliphatic rings. The largest absolute Gasteiger partial charge is 0.475 e. The number of amides is 2. The van der Waals surface area contributed by atoms with Crippen molar-refractivity contribution in [2.75, 3.05) is 6.54 Å². The molecule has 134 valence electrons. The highest BCUT2D eigenvalue weighted by Crippen LogP contribution is 2.32. The van der Waals surface area contributed by atoms with E-state index in [9.17, 15) is 4.79 Å². The van der Waals surface area contributed by atoms with E-state index in [-0.39, 0.29) is 18.2 Å². The minimum Gasteiger partial charge on any atom is -0.475 e. The summed E-state index contributed by atoms with van der Waals surface area (Å²) in [5.74, 6) is 1.30. The lowest BCUT2D eigenvalue weighted by Crippen LogP contribution is -2.39. The Morgan fingerprint density at radius 1 is 1.52 bits per heavy atom. The summed E-state index contributed by atoms with van der Waals surface area (Å²) in [5.41, 5.74) is 1.68. The van der Waals surface area contributed by atoms with Gasteiger partial charge in [-0.15, -0.1) is 0 Å². The average Bonchev–Trinajstić information content (AvgIpc) is 3.21. The van der Waals surface area contributed by atoms with Gasteiger partial charge >= 0.3 is 6.03 Å². The molecule has 1 atom stereocenters. The molecule has 3 rings (SSSR count). The predicted octanol–water partition coefficient (Wildman–Crippen LogP) is 3.21. The van der Waals surface area contributed by atoms with Gasteiger partial charge in [0, 0.05) is 30.9 Å². The second-order valence-electron chi connectivity index (χ2n) is 6.52. The molecule has 7 heteroatoms. The minimum absolute atomic E-state index is 0.0296. The average molecular weight is 344 g/mol. The Kier molecular flexibility index (Phi) is 5.21. The molecule has 0 spiro atoms. The van der Waals surface area contributed by atoms with E-state index in [0.29, 0.717) is 19.0 Å². The Bertz CT molecular complexity index is 729. The molecule has 0 unspecified atom stereocenters. The quantitative estimate of drug-likeness (QED) is 0.901. The molecule has 1 saturated heterocycles. The minimum atomic E-state index is -0.115. The molecule has 25 heavy (non-hydrogen) atoms. The highest BCUT2D eigenvalue weighted by atomic mass is 16.5. The van der Waals surface area contributed by atoms with E-state index in [1.165, 1.54) is 0 Å². The van der Waals surface area contributed by atoms with Gasteiger partial charge in [-0.1, -0.05) is 11.2 Å². The summed E-state index contributed by atoms with van der Waals surface area (Å²) in [6, 6.07) is 5.47. The van der Waals surface area contributed by atoms with E-state index in [0.717, 1.165) is 29.9 Å². The maximum Gasteiger partial charge on any atom is 0.318 e. The van der Waals surface area contributed by atoms with Crippen molar-refractivity contribution in [2.45, 2.75) is 52.3 Å². The van der Waals surface area contributed by atoms with Crippen LogP contribution < -0.4 is 10.1 Å². The van der Waals surface area contributed by atoms with Gasteiger partial charge in [-0.3, -0.25) is 0 Å². The molecule has 2 amide bonds. The Balaban J connectivity index is 1.64. The summed E-state index contributed by atoms with van der Waals surface area (Å²) in [6.07, 6.45) is 3.55. The number of pyridine rings is 1. The van der Waals surface area contributed by atoms with Gasteiger partial charge in [-0.25, -0.2) is 9.78 Å². The normalized spacial score (nSPS) is 17.1. The van der Waals surface area contributed by atoms with Gasteiger partial charge in [0.25, 0.3) is 0 Å². The number of hydrogen-bond acceptors (Lipinski definition) is 5. The molecule has 0 radical (unpaired) electrons. The van der Waals surface area contributed by atoms with Crippen molar-refractivity contribution in [1.82, 2.24) is 20.4 Å². The molecule has 0 aliphatic carbocycles. The molecule has 2 aromatic rings. The second kappa shape index (κ2) is 7.55. The molecular formula is C18H24N4O3. The Morgan fingerprint density at radius 3 is 3.08 bits per heavy atom. The van der Waals surface area contributed by atoms with Crippen molar-refractivity contribution in [3.63, 3.8) is 0 Å². The van der Waals surface area contributed by atoms with E-state index in [4.69, 9.17) is 9.26 Å². The van der Waals surface area contributed by atoms with Gasteiger partial charge in [-0.2, -0.15) is 0 Å². The van der Waals surface area contributed by atoms with Crippen molar-refractivity contribution in [3.8, 4) is 5.88 Å². The van der Waals surface area contributed by atoms with Crippen LogP contribution >= 0.6 is 0 Å². The number of aromatic nitrogens is 2. The van der Waals surface area contributed by atoms with Crippen molar-refractivity contribution < 1.29 is 14.1 Å². The van der Waals surface area contributed by atoms with Crippen molar-refractivity contribution in [2.24, 2.45) is 0 Å². The van der Waals surface area contributed by atoms with Crippen LogP contribution in [-0.2, 0) is 6.54 Å². The number of likely N-dealkylation sites (tertiary alicyclic amines) is 1. The zero-order chi connectivity index (χ0) is 17.8. The summed E-state index contributed by atoms with van der Waals surface area (Å²) < 4.78 is 11.0. The molecule has 7 nitrogen and oxygen atoms in total. The number of nitrogens with one attached hydrogen (secondary N) is 1. The van der Waals surface area contributed by atoms with Crippen LogP contribution in [0.25, 0.3) is 0 Å². The summed E-state index contributed by atoms with van der Waals surface area (Å²) in [7, 11) is 0. The molecule has 1 fully saturated rings. The van der Waals surface area contributed by atoms with Gasteiger partial charge in [0.15, 0.2) is 5.76 Å². The smallest absolute Gasteiger partial charge is 0.318 e. The molecule has 3 heterocycles. The third-order valence-corrected chi connectivity index (χ3v) is 4.12. The van der Waals surface area contributed by atoms with Gasteiger partial charge in [0.2, 0.25) is 5.88 Å². The van der Waals surface area contributed by atoms with E-state index in [2.05, 4.69) is 15.5 Å². The van der Waals surface area contributed by atoms with E-state index in [1.807, 2.05) is 39.0 Å². The lowest BCUT2D eigenvalue weighted by atomic mass is 10.1. The van der Waals surface area contributed by atoms with Crippen LogP contribution in [0.5, 0.6) is 5.88 Å². The summed E-state index contributed by atoms with van der Waals surface area (Å²) in [5, 5.41) is 6.90. The molecule has 0 saturated carbocycles. The number of rotatable bonds is 5. The number of nitrogens with zero attached hydrogens (tertiary/aromatic N) is 3. The van der Waals surface area contributed by atoms with Crippen LogP contribution in [0.4, 0.5) is 4.79 Å². The number of carbonyl (C=O) groups excluding carboxylic acids is 1. The summed E-state index contributed by atoms with van der Waals surface area (Å²) >= 11 is 0. The fourth-order valence-corrected chi connectivity index (χ4v) is 3.01. The molecular weight excluding hydrogens is 320 g/mol. The Morgan fingerprint density at radius 2 is 2.36 bits per heavy atom. The van der Waals surface area contributed by atoms with Gasteiger partial charge in [0.05, 0.1) is 17.8 Å². The first-order chi connectivity index (χ1) is 12.0. The van der Waals surface area contributed by atoms with Crippen LogP contribution in [0.1, 0.15) is 49.7 Å². The molecule has 1 N–H and O–H groups in total. The van der Waals surface area contributed by atoms with E-state index in [1.54, 1.807) is 11.1 Å². The third kappa shape index (κ3) is 4.10. The lowest BCUT2D eigenvalue weighted by Gasteiger charge is -2.23. The fourth-order valence-electron chi connectivity index (χ4n) is 3.01. The van der Waals surface area contributed by atoms with Crippen molar-refractivity contribution in [1.29, 1.82) is 0 Å². The number of hydrogen-bond donors (Lipinski definition) is 1. The van der Waals surface area contributed by atoms with Gasteiger partial charge < -0.3 is 19.5 Å². The molecule has 1 aliphatic heterocycles. The van der Waals surface area contributed by atoms with Crippen LogP contribution in [-0.4, -0.2) is 33.7 Å². The van der Waals surface area contributed by atoms with Crippen LogP contribution in [0.3, 0.4) is 0 Å². The SMILES string of the molecule is Cc1cc([C@@H]2CCCN2C(=O)NCc2cccnc2OC(C)C)on1. The predicted molar refractivity (Wildman–Crippen MR) is 92.2 cm³/mol. The van der Waals surface area contributed by atoms with Crippen LogP contribution in [0.15, 0.2) is 28.9 Å². The topological polar surface area (TPSA) is 80.5 Å². The third-order valence-electron chi connectivity index (χ3n) is 4.12. The van der Waals surface area contributed by atoms with Crippen LogP contribution in [0.2, 0.25) is 0 Å². The molecule has 0 bridgehead atoms. The maximum atomic E-state index is 12.6. The van der Waals surface area contributed by atoms with E-state index >= 15 is 0 Å². The monoisotopic (exact) mass is 344 g/mol. The second-order valence-corrected chi connectivity index (χ2v) is 6.52. The number of urea groups is 1. The Hall–Kier alpha value is -2.57. The first-order valence-electron chi connectivity index (χ1n) is 8.63. The number of aryl methyl sites for hydroxylation is 1. The van der Waals surface area contributed by atoms with Crippen molar-refractivity contribution >= 4 is 6.03 Å². The van der Waals surface area contributed by atoms with Crippen molar-refractivity contribution in [3.05, 3.63) is 41.4 Å². The highest BCUT2D eigenvalue weighted by Gasteiger charge is 2.32. The zero-order valence-corrected chi connectivity index (χ0v) is 14.9. The van der Waals surface area contributed by atoms with Gasteiger partial charge in [0.1, 0.15) is 0 Å². The van der Waals surface area contributed by atoms with Gasteiger partial charge in [-0.05, 0) is 39.7 Å². The summed E-state index contributed by atoms with van der Waals surface area (Å²) in [6.45, 7) is 6.85. The first kappa shape index (κ1) is 17.3. The zero-order valence-electron chi connectivity index (χ0n) is 14.9. The standard InChI is InChI=1S/C18H24N4O3/c1-12(2)24-17-14(6-4-8-19-17)11-20-18(23)22-9-5-7-15(22)16-10-13(3)21-25-16/h4,6,8,10,12,15H,5,7,9,11H2,1-3H3,(H,20,23)/t15-/m0/s1. The Labute approximate surface area is 147 Å². The molecule has 2 aromatic heterocycles. The fraction of sp³-hybridized carbons (Fsp3) is 0.500. The van der Waals surface area contributed by atoms with Crippen LogP contribution in [0, 0.1) is 6.92 Å². The first-order valence-corrected chi connectivity index (χ1v) is 8.63. The summed E-state index contributed by atoms with van der Waals surface area (Å²) in [4.78, 5) is 18.7. The van der Waals surface area contributed by atoms with E-state index < -0.39 is 0 Å².